The second-order valence-corrected chi connectivity index (χ2v) is 7.19. The van der Waals surface area contributed by atoms with Gasteiger partial charge in [-0.3, -0.25) is 4.79 Å². The number of aromatic hydroxyl groups is 1. The number of carbonyl (C=O) groups is 1. The van der Waals surface area contributed by atoms with Crippen LogP contribution in [0.1, 0.15) is 45.2 Å². The van der Waals surface area contributed by atoms with Crippen LogP contribution >= 0.6 is 11.3 Å². The molecule has 0 amide bonds. The van der Waals surface area contributed by atoms with E-state index in [-0.39, 0.29) is 22.7 Å². The zero-order valence-corrected chi connectivity index (χ0v) is 15.2. The average Bonchev–Trinajstić information content (AvgIpc) is 2.82. The third-order valence-corrected chi connectivity index (χ3v) is 5.20. The summed E-state index contributed by atoms with van der Waals surface area (Å²) in [6.45, 7) is 7.26. The van der Waals surface area contributed by atoms with Gasteiger partial charge in [0.2, 0.25) is 0 Å². The lowest BCUT2D eigenvalue weighted by Gasteiger charge is -2.13. The second kappa shape index (κ2) is 6.33. The van der Waals surface area contributed by atoms with Gasteiger partial charge in [0, 0.05) is 4.88 Å². The van der Waals surface area contributed by atoms with E-state index in [1.807, 2.05) is 20.8 Å². The summed E-state index contributed by atoms with van der Waals surface area (Å²) >= 11 is 1.43. The molecule has 0 radical (unpaired) electrons. The highest BCUT2D eigenvalue weighted by Gasteiger charge is 2.20. The summed E-state index contributed by atoms with van der Waals surface area (Å²) in [6, 6.07) is 4.71. The average molecular weight is 358 g/mol. The first kappa shape index (κ1) is 17.2. The van der Waals surface area contributed by atoms with Crippen LogP contribution in [0.5, 0.6) is 5.75 Å². The normalized spacial score (nSPS) is 12.3. The molecular formula is C18H18N2O4S. The van der Waals surface area contributed by atoms with E-state index in [0.29, 0.717) is 10.2 Å². The van der Waals surface area contributed by atoms with Crippen molar-refractivity contribution in [3.8, 4) is 5.75 Å². The molecule has 2 aromatic heterocycles. The Balaban J connectivity index is 1.90. The number of aryl methyl sites for hydroxylation is 3. The number of hydrogen-bond donors (Lipinski definition) is 2. The molecule has 25 heavy (non-hydrogen) atoms. The van der Waals surface area contributed by atoms with E-state index in [9.17, 15) is 14.7 Å². The van der Waals surface area contributed by atoms with Crippen molar-refractivity contribution in [3.05, 3.63) is 55.9 Å². The first-order chi connectivity index (χ1) is 11.8. The van der Waals surface area contributed by atoms with Gasteiger partial charge in [-0.2, -0.15) is 0 Å². The second-order valence-electron chi connectivity index (χ2n) is 5.98. The summed E-state index contributed by atoms with van der Waals surface area (Å²) in [5.41, 5.74) is 1.57. The minimum Gasteiger partial charge on any atom is -0.507 e. The van der Waals surface area contributed by atoms with Crippen LogP contribution < -0.4 is 5.56 Å². The molecule has 0 unspecified atom stereocenters. The SMILES string of the molecule is Cc1ccc(C(=O)O[C@H](C)c2nc3sc(C)c(C)c3c(=O)[nH]2)c(O)c1. The number of aromatic nitrogens is 2. The number of benzene rings is 1. The molecule has 0 spiro atoms. The van der Waals surface area contributed by atoms with E-state index in [1.54, 1.807) is 13.0 Å². The molecule has 1 atom stereocenters. The highest BCUT2D eigenvalue weighted by Crippen LogP contribution is 2.27. The molecular weight excluding hydrogens is 340 g/mol. The van der Waals surface area contributed by atoms with E-state index >= 15 is 0 Å². The van der Waals surface area contributed by atoms with Crippen molar-refractivity contribution in [1.29, 1.82) is 0 Å². The number of hydrogen-bond acceptors (Lipinski definition) is 6. The summed E-state index contributed by atoms with van der Waals surface area (Å²) in [4.78, 5) is 33.3. The molecule has 7 heteroatoms. The maximum Gasteiger partial charge on any atom is 0.342 e. The minimum absolute atomic E-state index is 0.0729. The molecule has 0 aliphatic rings. The van der Waals surface area contributed by atoms with Gasteiger partial charge >= 0.3 is 5.97 Å². The van der Waals surface area contributed by atoms with Crippen LogP contribution in [0.3, 0.4) is 0 Å². The highest BCUT2D eigenvalue weighted by molar-refractivity contribution is 7.18. The number of H-pyrrole nitrogens is 1. The molecule has 1 aromatic carbocycles. The smallest absolute Gasteiger partial charge is 0.342 e. The van der Waals surface area contributed by atoms with Gasteiger partial charge in [-0.1, -0.05) is 6.07 Å². The van der Waals surface area contributed by atoms with Gasteiger partial charge in [0.15, 0.2) is 11.9 Å². The number of rotatable bonds is 3. The number of carbonyl (C=O) groups excluding carboxylic acids is 1. The van der Waals surface area contributed by atoms with Crippen LogP contribution in [-0.4, -0.2) is 21.0 Å². The van der Waals surface area contributed by atoms with Crippen LogP contribution in [0.2, 0.25) is 0 Å². The van der Waals surface area contributed by atoms with Crippen LogP contribution in [0.25, 0.3) is 10.2 Å². The monoisotopic (exact) mass is 358 g/mol. The van der Waals surface area contributed by atoms with Crippen molar-refractivity contribution in [3.63, 3.8) is 0 Å². The Morgan fingerprint density at radius 3 is 2.72 bits per heavy atom. The van der Waals surface area contributed by atoms with E-state index in [1.165, 1.54) is 23.5 Å². The topological polar surface area (TPSA) is 92.3 Å². The molecule has 6 nitrogen and oxygen atoms in total. The Bertz CT molecular complexity index is 1040. The number of phenols is 1. The van der Waals surface area contributed by atoms with Crippen LogP contribution in [0.15, 0.2) is 23.0 Å². The summed E-state index contributed by atoms with van der Waals surface area (Å²) in [5.74, 6) is -0.538. The number of nitrogens with one attached hydrogen (secondary N) is 1. The molecule has 0 aliphatic carbocycles. The lowest BCUT2D eigenvalue weighted by atomic mass is 10.1. The highest BCUT2D eigenvalue weighted by atomic mass is 32.1. The summed E-state index contributed by atoms with van der Waals surface area (Å²) in [5, 5.41) is 10.5. The first-order valence-corrected chi connectivity index (χ1v) is 8.60. The Hall–Kier alpha value is -2.67. The number of aromatic amines is 1. The quantitative estimate of drug-likeness (QED) is 0.699. The molecule has 0 fully saturated rings. The third-order valence-electron chi connectivity index (χ3n) is 4.10. The van der Waals surface area contributed by atoms with Crippen LogP contribution in [-0.2, 0) is 4.74 Å². The number of thiophene rings is 1. The van der Waals surface area contributed by atoms with Gasteiger partial charge in [0.05, 0.1) is 5.39 Å². The van der Waals surface area contributed by atoms with Gasteiger partial charge in [-0.15, -0.1) is 11.3 Å². The van der Waals surface area contributed by atoms with Crippen molar-refractivity contribution in [1.82, 2.24) is 9.97 Å². The number of fused-ring (bicyclic) bond motifs is 1. The Morgan fingerprint density at radius 1 is 1.32 bits per heavy atom. The van der Waals surface area contributed by atoms with Gasteiger partial charge in [-0.05, 0) is 51.0 Å². The number of ether oxygens (including phenoxy) is 1. The standard InChI is InChI=1S/C18H18N2O4S/c1-8-5-6-12(13(21)7-8)18(23)24-10(3)15-19-16(22)14-9(2)11(4)25-17(14)20-15/h5-7,10,21H,1-4H3,(H,19,20,22)/t10-/m1/s1. The molecule has 0 aliphatic heterocycles. The fourth-order valence-electron chi connectivity index (χ4n) is 2.56. The molecule has 0 saturated heterocycles. The predicted molar refractivity (Wildman–Crippen MR) is 96.4 cm³/mol. The van der Waals surface area contributed by atoms with Crippen LogP contribution in [0, 0.1) is 20.8 Å². The molecule has 3 aromatic rings. The summed E-state index contributed by atoms with van der Waals surface area (Å²) < 4.78 is 5.36. The number of phenolic OH excluding ortho intramolecular Hbond substituents is 1. The van der Waals surface area contributed by atoms with Crippen molar-refractivity contribution >= 4 is 27.5 Å². The van der Waals surface area contributed by atoms with Gasteiger partial charge in [-0.25, -0.2) is 9.78 Å². The largest absolute Gasteiger partial charge is 0.507 e. The maximum absolute atomic E-state index is 12.3. The molecule has 0 bridgehead atoms. The number of nitrogens with zero attached hydrogens (tertiary/aromatic N) is 1. The number of esters is 1. The zero-order valence-electron chi connectivity index (χ0n) is 14.3. The van der Waals surface area contributed by atoms with Crippen LogP contribution in [0.4, 0.5) is 0 Å². The van der Waals surface area contributed by atoms with E-state index < -0.39 is 12.1 Å². The fraction of sp³-hybridized carbons (Fsp3) is 0.278. The van der Waals surface area contributed by atoms with Gasteiger partial charge < -0.3 is 14.8 Å². The predicted octanol–water partition coefficient (Wildman–Crippen LogP) is 3.53. The fourth-order valence-corrected chi connectivity index (χ4v) is 3.60. The molecule has 2 heterocycles. The Morgan fingerprint density at radius 2 is 2.04 bits per heavy atom. The zero-order chi connectivity index (χ0) is 18.3. The van der Waals surface area contributed by atoms with Crippen molar-refractivity contribution < 1.29 is 14.6 Å². The van der Waals surface area contributed by atoms with E-state index in [4.69, 9.17) is 4.74 Å². The van der Waals surface area contributed by atoms with Gasteiger partial charge in [0.1, 0.15) is 16.1 Å². The molecule has 2 N–H and O–H groups in total. The molecule has 130 valence electrons. The van der Waals surface area contributed by atoms with E-state index in [0.717, 1.165) is 16.0 Å². The van der Waals surface area contributed by atoms with Gasteiger partial charge in [0.25, 0.3) is 5.56 Å². The Kier molecular flexibility index (Phi) is 4.34. The Labute approximate surface area is 148 Å². The van der Waals surface area contributed by atoms with Crippen molar-refractivity contribution in [2.45, 2.75) is 33.8 Å². The maximum atomic E-state index is 12.3. The van der Waals surface area contributed by atoms with E-state index in [2.05, 4.69) is 9.97 Å². The summed E-state index contributed by atoms with van der Waals surface area (Å²) in [7, 11) is 0. The third kappa shape index (κ3) is 3.15. The lowest BCUT2D eigenvalue weighted by Crippen LogP contribution is -2.17. The van der Waals surface area contributed by atoms with Crippen molar-refractivity contribution in [2.24, 2.45) is 0 Å². The lowest BCUT2D eigenvalue weighted by molar-refractivity contribution is 0.0317. The first-order valence-electron chi connectivity index (χ1n) is 7.78. The minimum atomic E-state index is -0.756. The summed E-state index contributed by atoms with van der Waals surface area (Å²) in [6.07, 6.45) is -0.756. The molecule has 3 rings (SSSR count). The van der Waals surface area contributed by atoms with Crippen molar-refractivity contribution in [2.75, 3.05) is 0 Å². The molecule has 0 saturated carbocycles.